The van der Waals surface area contributed by atoms with Gasteiger partial charge in [0.1, 0.15) is 5.82 Å². The molecule has 4 heteroatoms. The molecule has 3 rings (SSSR count). The Kier molecular flexibility index (Phi) is 3.74. The largest absolute Gasteiger partial charge is 0.369 e. The van der Waals surface area contributed by atoms with Crippen molar-refractivity contribution < 1.29 is 0 Å². The van der Waals surface area contributed by atoms with Crippen LogP contribution in [0.2, 0.25) is 0 Å². The predicted octanol–water partition coefficient (Wildman–Crippen LogP) is 4.52. The van der Waals surface area contributed by atoms with Crippen molar-refractivity contribution in [1.29, 1.82) is 0 Å². The summed E-state index contributed by atoms with van der Waals surface area (Å²) >= 11 is 3.65. The van der Waals surface area contributed by atoms with E-state index in [2.05, 4.69) is 64.3 Å². The first kappa shape index (κ1) is 13.6. The fraction of sp³-hybridized carbons (Fsp3) is 0.375. The monoisotopic (exact) mass is 331 g/mol. The Morgan fingerprint density at radius 2 is 1.90 bits per heavy atom. The Labute approximate surface area is 128 Å². The van der Waals surface area contributed by atoms with Crippen molar-refractivity contribution in [2.45, 2.75) is 32.6 Å². The van der Waals surface area contributed by atoms with E-state index in [-0.39, 0.29) is 0 Å². The van der Waals surface area contributed by atoms with Gasteiger partial charge in [0.25, 0.3) is 0 Å². The average Bonchev–Trinajstić information content (AvgIpc) is 3.27. The third-order valence-electron chi connectivity index (χ3n) is 3.49. The van der Waals surface area contributed by atoms with E-state index >= 15 is 0 Å². The zero-order valence-electron chi connectivity index (χ0n) is 11.8. The van der Waals surface area contributed by atoms with Gasteiger partial charge < -0.3 is 5.32 Å². The number of rotatable bonds is 4. The number of halogens is 1. The Bertz CT molecular complexity index is 618. The molecule has 3 nitrogen and oxygen atoms in total. The topological polar surface area (TPSA) is 37.8 Å². The lowest BCUT2D eigenvalue weighted by Gasteiger charge is -2.12. The molecule has 2 aromatic rings. The van der Waals surface area contributed by atoms with Gasteiger partial charge >= 0.3 is 0 Å². The highest BCUT2D eigenvalue weighted by Crippen LogP contribution is 2.44. The minimum atomic E-state index is 0.592. The summed E-state index contributed by atoms with van der Waals surface area (Å²) in [6.07, 6.45) is 2.46. The van der Waals surface area contributed by atoms with Crippen molar-refractivity contribution in [2.24, 2.45) is 0 Å². The fourth-order valence-electron chi connectivity index (χ4n) is 2.21. The van der Waals surface area contributed by atoms with Gasteiger partial charge in [-0.05, 0) is 42.6 Å². The zero-order chi connectivity index (χ0) is 14.1. The number of aromatic nitrogens is 2. The number of hydrogen-bond donors (Lipinski definition) is 1. The molecule has 1 heterocycles. The van der Waals surface area contributed by atoms with Crippen LogP contribution in [-0.2, 0) is 0 Å². The average molecular weight is 332 g/mol. The molecule has 1 aliphatic carbocycles. The van der Waals surface area contributed by atoms with E-state index in [4.69, 9.17) is 4.98 Å². The van der Waals surface area contributed by atoms with Crippen molar-refractivity contribution in [2.75, 3.05) is 11.9 Å². The first-order valence-electron chi connectivity index (χ1n) is 7.07. The SMILES string of the molecule is CCNc1nc(-c2ccc(C)cc2)nc(C2CC2)c1Br. The number of nitrogens with zero attached hydrogens (tertiary/aromatic N) is 2. The summed E-state index contributed by atoms with van der Waals surface area (Å²) in [7, 11) is 0. The Balaban J connectivity index is 2.07. The smallest absolute Gasteiger partial charge is 0.161 e. The Morgan fingerprint density at radius 3 is 2.50 bits per heavy atom. The van der Waals surface area contributed by atoms with Gasteiger partial charge in [0.2, 0.25) is 0 Å². The number of benzene rings is 1. The van der Waals surface area contributed by atoms with Gasteiger partial charge in [-0.2, -0.15) is 0 Å². The molecule has 0 atom stereocenters. The molecule has 0 aliphatic heterocycles. The molecule has 20 heavy (non-hydrogen) atoms. The molecule has 1 fully saturated rings. The third-order valence-corrected chi connectivity index (χ3v) is 4.28. The minimum Gasteiger partial charge on any atom is -0.369 e. The van der Waals surface area contributed by atoms with Crippen molar-refractivity contribution >= 4 is 21.7 Å². The predicted molar refractivity (Wildman–Crippen MR) is 86.0 cm³/mol. The summed E-state index contributed by atoms with van der Waals surface area (Å²) < 4.78 is 1.03. The van der Waals surface area contributed by atoms with Crippen LogP contribution < -0.4 is 5.32 Å². The quantitative estimate of drug-likeness (QED) is 0.894. The fourth-order valence-corrected chi connectivity index (χ4v) is 2.85. The summed E-state index contributed by atoms with van der Waals surface area (Å²) in [5, 5.41) is 3.32. The molecule has 0 amide bonds. The van der Waals surface area contributed by atoms with Crippen LogP contribution in [0.3, 0.4) is 0 Å². The summed E-state index contributed by atoms with van der Waals surface area (Å²) in [6, 6.07) is 8.38. The normalized spacial score (nSPS) is 14.3. The number of hydrogen-bond acceptors (Lipinski definition) is 3. The molecule has 0 bridgehead atoms. The van der Waals surface area contributed by atoms with Gasteiger partial charge in [0.15, 0.2) is 5.82 Å². The maximum absolute atomic E-state index is 4.78. The number of nitrogens with one attached hydrogen (secondary N) is 1. The van der Waals surface area contributed by atoms with Gasteiger partial charge in [-0.15, -0.1) is 0 Å². The maximum Gasteiger partial charge on any atom is 0.161 e. The van der Waals surface area contributed by atoms with Gasteiger partial charge in [-0.3, -0.25) is 0 Å². The molecular formula is C16H18BrN3. The molecule has 104 valence electrons. The molecule has 1 aromatic carbocycles. The zero-order valence-corrected chi connectivity index (χ0v) is 13.4. The van der Waals surface area contributed by atoms with Gasteiger partial charge in [0.05, 0.1) is 10.2 Å². The lowest BCUT2D eigenvalue weighted by atomic mass is 10.1. The van der Waals surface area contributed by atoms with Crippen LogP contribution in [0.25, 0.3) is 11.4 Å². The van der Waals surface area contributed by atoms with E-state index in [1.54, 1.807) is 0 Å². The maximum atomic E-state index is 4.78. The molecule has 0 spiro atoms. The van der Waals surface area contributed by atoms with E-state index in [0.717, 1.165) is 33.9 Å². The minimum absolute atomic E-state index is 0.592. The van der Waals surface area contributed by atoms with E-state index in [1.165, 1.54) is 18.4 Å². The second-order valence-electron chi connectivity index (χ2n) is 5.27. The second kappa shape index (κ2) is 5.52. The molecule has 1 aliphatic rings. The van der Waals surface area contributed by atoms with E-state index in [0.29, 0.717) is 5.92 Å². The molecule has 1 saturated carbocycles. The summed E-state index contributed by atoms with van der Waals surface area (Å²) in [5.74, 6) is 2.31. The molecule has 0 saturated heterocycles. The first-order valence-corrected chi connectivity index (χ1v) is 7.86. The molecule has 0 unspecified atom stereocenters. The van der Waals surface area contributed by atoms with Crippen LogP contribution in [0, 0.1) is 6.92 Å². The van der Waals surface area contributed by atoms with E-state index in [1.807, 2.05) is 0 Å². The van der Waals surface area contributed by atoms with Crippen LogP contribution in [0.15, 0.2) is 28.7 Å². The van der Waals surface area contributed by atoms with Crippen LogP contribution in [-0.4, -0.2) is 16.5 Å². The van der Waals surface area contributed by atoms with E-state index < -0.39 is 0 Å². The highest BCUT2D eigenvalue weighted by atomic mass is 79.9. The van der Waals surface area contributed by atoms with Crippen LogP contribution in [0.4, 0.5) is 5.82 Å². The van der Waals surface area contributed by atoms with Crippen LogP contribution in [0.5, 0.6) is 0 Å². The first-order chi connectivity index (χ1) is 9.69. The van der Waals surface area contributed by atoms with Gasteiger partial charge in [-0.25, -0.2) is 9.97 Å². The molecule has 0 radical (unpaired) electrons. The third kappa shape index (κ3) is 2.70. The standard InChI is InChI=1S/C16H18BrN3/c1-3-18-16-13(17)14(11-8-9-11)19-15(20-16)12-6-4-10(2)5-7-12/h4-7,11H,3,8-9H2,1-2H3,(H,18,19,20). The summed E-state index contributed by atoms with van der Waals surface area (Å²) in [5.41, 5.74) is 3.47. The summed E-state index contributed by atoms with van der Waals surface area (Å²) in [4.78, 5) is 9.44. The van der Waals surface area contributed by atoms with Crippen LogP contribution in [0.1, 0.15) is 36.9 Å². The van der Waals surface area contributed by atoms with Crippen LogP contribution >= 0.6 is 15.9 Å². The van der Waals surface area contributed by atoms with Gasteiger partial charge in [0, 0.05) is 18.0 Å². The molecule has 1 N–H and O–H groups in total. The van der Waals surface area contributed by atoms with Crippen molar-refractivity contribution in [3.8, 4) is 11.4 Å². The lowest BCUT2D eigenvalue weighted by Crippen LogP contribution is -2.05. The lowest BCUT2D eigenvalue weighted by molar-refractivity contribution is 0.974. The Hall–Kier alpha value is -1.42. The van der Waals surface area contributed by atoms with Crippen molar-refractivity contribution in [3.63, 3.8) is 0 Å². The number of anilines is 1. The Morgan fingerprint density at radius 1 is 1.20 bits per heavy atom. The molecule has 1 aromatic heterocycles. The highest BCUT2D eigenvalue weighted by Gasteiger charge is 2.29. The van der Waals surface area contributed by atoms with Crippen molar-refractivity contribution in [3.05, 3.63) is 40.0 Å². The highest BCUT2D eigenvalue weighted by molar-refractivity contribution is 9.10. The van der Waals surface area contributed by atoms with Gasteiger partial charge in [-0.1, -0.05) is 29.8 Å². The summed E-state index contributed by atoms with van der Waals surface area (Å²) in [6.45, 7) is 5.02. The van der Waals surface area contributed by atoms with Crippen molar-refractivity contribution in [1.82, 2.24) is 9.97 Å². The number of aryl methyl sites for hydroxylation is 1. The molecular weight excluding hydrogens is 314 g/mol. The van der Waals surface area contributed by atoms with E-state index in [9.17, 15) is 0 Å². The second-order valence-corrected chi connectivity index (χ2v) is 6.06.